The van der Waals surface area contributed by atoms with Crippen molar-refractivity contribution in [2.45, 2.75) is 0 Å². The first-order valence-electron chi connectivity index (χ1n) is 13.5. The van der Waals surface area contributed by atoms with Crippen molar-refractivity contribution >= 4 is 58.4 Å². The molecule has 2 aliphatic rings. The maximum absolute atomic E-state index is 6.84. The molecule has 0 aromatic heterocycles. The molecule has 0 saturated carbocycles. The average Bonchev–Trinajstić information content (AvgIpc) is 3.07. The molecule has 10 heteroatoms. The van der Waals surface area contributed by atoms with Gasteiger partial charge in [-0.2, -0.15) is 0 Å². The third-order valence-corrected chi connectivity index (χ3v) is 7.68. The molecule has 0 saturated heterocycles. The molecule has 5 aromatic rings. The molecule has 8 nitrogen and oxygen atoms in total. The van der Waals surface area contributed by atoms with Crippen LogP contribution in [0, 0.1) is 0 Å². The first-order valence-corrected chi connectivity index (χ1v) is 14.2. The molecule has 0 N–H and O–H groups in total. The van der Waals surface area contributed by atoms with Crippen LogP contribution in [0.15, 0.2) is 105 Å². The van der Waals surface area contributed by atoms with Crippen molar-refractivity contribution < 1.29 is 18.9 Å². The Hall–Kier alpha value is -5.18. The van der Waals surface area contributed by atoms with Gasteiger partial charge in [0.25, 0.3) is 0 Å². The lowest BCUT2D eigenvalue weighted by Crippen LogP contribution is -2.22. The minimum atomic E-state index is 0.244. The molecule has 0 aliphatic carbocycles. The second kappa shape index (κ2) is 11.5. The largest absolute Gasteiger partial charge is 0.497 e. The lowest BCUT2D eigenvalue weighted by molar-refractivity contribution is 0.414. The van der Waals surface area contributed by atoms with Crippen molar-refractivity contribution in [3.05, 3.63) is 117 Å². The zero-order chi connectivity index (χ0) is 30.2. The van der Waals surface area contributed by atoms with Crippen LogP contribution in [0.3, 0.4) is 0 Å². The summed E-state index contributed by atoms with van der Waals surface area (Å²) in [5.74, 6) is 3.16. The van der Waals surface area contributed by atoms with Crippen LogP contribution in [0.1, 0.15) is 11.1 Å². The third-order valence-electron chi connectivity index (χ3n) is 6.98. The molecular weight excluding hydrogens is 599 g/mol. The zero-order valence-electron chi connectivity index (χ0n) is 23.4. The molecule has 2 aliphatic heterocycles. The minimum Gasteiger partial charge on any atom is -0.497 e. The number of hydrogen-bond acceptors (Lipinski definition) is 8. The summed E-state index contributed by atoms with van der Waals surface area (Å²) in [5, 5.41) is 1.22. The van der Waals surface area contributed by atoms with Crippen molar-refractivity contribution in [2.75, 3.05) is 14.2 Å². The lowest BCUT2D eigenvalue weighted by Gasteiger charge is -2.21. The van der Waals surface area contributed by atoms with E-state index in [0.29, 0.717) is 56.5 Å². The molecule has 0 bridgehead atoms. The molecule has 0 amide bonds. The molecule has 216 valence electrons. The first-order chi connectivity index (χ1) is 21.5. The number of ether oxygens (including phenoxy) is 4. The Labute approximate surface area is 262 Å². The van der Waals surface area contributed by atoms with E-state index in [1.54, 1.807) is 38.8 Å². The number of halogens is 2. The fourth-order valence-electron chi connectivity index (χ4n) is 4.66. The summed E-state index contributed by atoms with van der Waals surface area (Å²) in [6.45, 7) is 0. The van der Waals surface area contributed by atoms with Crippen LogP contribution in [-0.2, 0) is 0 Å². The highest BCUT2D eigenvalue weighted by Gasteiger charge is 2.27. The van der Waals surface area contributed by atoms with Gasteiger partial charge in [0, 0.05) is 24.6 Å². The summed E-state index contributed by atoms with van der Waals surface area (Å²) in [6, 6.07) is 26.1. The molecule has 0 atom stereocenters. The van der Waals surface area contributed by atoms with Crippen LogP contribution in [0.25, 0.3) is 0 Å². The third kappa shape index (κ3) is 5.25. The predicted octanol–water partition coefficient (Wildman–Crippen LogP) is 8.63. The highest BCUT2D eigenvalue weighted by molar-refractivity contribution is 6.35. The molecule has 0 radical (unpaired) electrons. The summed E-state index contributed by atoms with van der Waals surface area (Å²) < 4.78 is 22.9. The topological polar surface area (TPSA) is 86.4 Å². The first kappa shape index (κ1) is 27.6. The van der Waals surface area contributed by atoms with Gasteiger partial charge < -0.3 is 18.9 Å². The summed E-state index contributed by atoms with van der Waals surface area (Å²) in [4.78, 5) is 18.6. The monoisotopic (exact) mass is 620 g/mol. The minimum absolute atomic E-state index is 0.244. The SMILES string of the molecule is COc1ccc(C=Nc2ccc3c(c2)Oc2c(Cl)c4c(c(Cl)c2=N3)Oc2cc(N=Cc3ccc(OC)cc3)ccc2N=4)cc1. The van der Waals surface area contributed by atoms with Gasteiger partial charge in [0.05, 0.1) is 25.6 Å². The van der Waals surface area contributed by atoms with Crippen molar-refractivity contribution in [1.29, 1.82) is 0 Å². The zero-order valence-corrected chi connectivity index (χ0v) is 24.9. The van der Waals surface area contributed by atoms with Gasteiger partial charge in [-0.15, -0.1) is 0 Å². The van der Waals surface area contributed by atoms with Crippen molar-refractivity contribution in [3.8, 4) is 34.5 Å². The predicted molar refractivity (Wildman–Crippen MR) is 172 cm³/mol. The highest BCUT2D eigenvalue weighted by atomic mass is 35.5. The van der Waals surface area contributed by atoms with Gasteiger partial charge in [-0.1, -0.05) is 23.2 Å². The van der Waals surface area contributed by atoms with Crippen LogP contribution in [-0.4, -0.2) is 26.6 Å². The van der Waals surface area contributed by atoms with E-state index in [4.69, 9.17) is 52.1 Å². The van der Waals surface area contributed by atoms with Gasteiger partial charge in [0.15, 0.2) is 23.0 Å². The van der Waals surface area contributed by atoms with E-state index in [1.807, 2.05) is 72.8 Å². The van der Waals surface area contributed by atoms with Gasteiger partial charge in [-0.25, -0.2) is 9.98 Å². The van der Waals surface area contributed by atoms with Crippen molar-refractivity contribution in [2.24, 2.45) is 20.0 Å². The number of benzene rings is 5. The second-order valence-electron chi connectivity index (χ2n) is 9.78. The van der Waals surface area contributed by atoms with Crippen LogP contribution in [0.4, 0.5) is 22.7 Å². The van der Waals surface area contributed by atoms with Crippen LogP contribution < -0.4 is 29.7 Å². The number of rotatable bonds is 6. The van der Waals surface area contributed by atoms with Crippen molar-refractivity contribution in [1.82, 2.24) is 0 Å². The number of methoxy groups -OCH3 is 2. The van der Waals surface area contributed by atoms with E-state index >= 15 is 0 Å². The van der Waals surface area contributed by atoms with Crippen LogP contribution in [0.2, 0.25) is 10.0 Å². The quantitative estimate of drug-likeness (QED) is 0.174. The molecule has 7 rings (SSSR count). The Balaban J connectivity index is 1.18. The maximum atomic E-state index is 6.84. The van der Waals surface area contributed by atoms with Gasteiger partial charge in [-0.3, -0.25) is 9.98 Å². The smallest absolute Gasteiger partial charge is 0.175 e. The van der Waals surface area contributed by atoms with Gasteiger partial charge in [0.2, 0.25) is 0 Å². The van der Waals surface area contributed by atoms with E-state index in [2.05, 4.69) is 9.98 Å². The van der Waals surface area contributed by atoms with E-state index in [9.17, 15) is 0 Å². The fourth-order valence-corrected chi connectivity index (χ4v) is 5.17. The Morgan fingerprint density at radius 2 is 1.00 bits per heavy atom. The fraction of sp³-hybridized carbons (Fsp3) is 0.0588. The van der Waals surface area contributed by atoms with Crippen molar-refractivity contribution in [3.63, 3.8) is 0 Å². The number of nitrogens with zero attached hydrogens (tertiary/aromatic N) is 4. The molecule has 0 fully saturated rings. The molecule has 5 aromatic carbocycles. The van der Waals surface area contributed by atoms with E-state index in [1.165, 1.54) is 0 Å². The van der Waals surface area contributed by atoms with Gasteiger partial charge in [-0.05, 0) is 83.9 Å². The van der Waals surface area contributed by atoms with E-state index in [-0.39, 0.29) is 10.0 Å². The summed E-state index contributed by atoms with van der Waals surface area (Å²) in [6.07, 6.45) is 3.53. The second-order valence-corrected chi connectivity index (χ2v) is 10.5. The standard InChI is InChI=1S/C34H22Cl2N4O4/c1-41-23-9-3-19(4-10-23)17-37-21-7-13-25-27(15-21)43-33-29(35)32-34(30(36)31(33)39-25)44-28-16-22(8-14-26(28)40-32)38-18-20-5-11-24(42-2)12-6-20/h3-18H,1-2H3. The summed E-state index contributed by atoms with van der Waals surface area (Å²) in [7, 11) is 3.26. The molecule has 2 heterocycles. The Kier molecular flexibility index (Phi) is 7.21. The van der Waals surface area contributed by atoms with Gasteiger partial charge >= 0.3 is 0 Å². The molecule has 0 unspecified atom stereocenters. The van der Waals surface area contributed by atoms with E-state index in [0.717, 1.165) is 22.6 Å². The number of fused-ring (bicyclic) bond motifs is 4. The average molecular weight is 621 g/mol. The number of hydrogen-bond donors (Lipinski definition) is 0. The molecular formula is C34H22Cl2N4O4. The molecule has 0 spiro atoms. The van der Waals surface area contributed by atoms with Gasteiger partial charge in [0.1, 0.15) is 43.6 Å². The lowest BCUT2D eigenvalue weighted by atomic mass is 10.2. The summed E-state index contributed by atoms with van der Waals surface area (Å²) >= 11 is 13.7. The highest BCUT2D eigenvalue weighted by Crippen LogP contribution is 2.44. The van der Waals surface area contributed by atoms with E-state index < -0.39 is 0 Å². The molecule has 44 heavy (non-hydrogen) atoms. The van der Waals surface area contributed by atoms with Crippen LogP contribution in [0.5, 0.6) is 34.5 Å². The Morgan fingerprint density at radius 3 is 1.39 bits per heavy atom. The maximum Gasteiger partial charge on any atom is 0.175 e. The number of aliphatic imine (C=N–C) groups is 2. The summed E-state index contributed by atoms with van der Waals surface area (Å²) in [5.41, 5.74) is 4.40. The van der Waals surface area contributed by atoms with Crippen LogP contribution >= 0.6 is 23.2 Å². The Morgan fingerprint density at radius 1 is 0.591 bits per heavy atom. The normalized spacial score (nSPS) is 12.6. The Bertz CT molecular complexity index is 1960.